The van der Waals surface area contributed by atoms with Gasteiger partial charge in [0.2, 0.25) is 0 Å². The zero-order valence-electron chi connectivity index (χ0n) is 10.9. The molecule has 0 aliphatic carbocycles. The van der Waals surface area contributed by atoms with E-state index in [0.29, 0.717) is 6.54 Å². The first-order valence-corrected chi connectivity index (χ1v) is 5.96. The highest BCUT2D eigenvalue weighted by atomic mass is 16.5. The lowest BCUT2D eigenvalue weighted by molar-refractivity contribution is -0.0178. The van der Waals surface area contributed by atoms with Crippen LogP contribution in [0.5, 0.6) is 0 Å². The van der Waals surface area contributed by atoms with Crippen molar-refractivity contribution in [2.45, 2.75) is 58.7 Å². The van der Waals surface area contributed by atoms with Crippen molar-refractivity contribution in [3.05, 3.63) is 0 Å². The molecule has 0 atom stereocenters. The predicted octanol–water partition coefficient (Wildman–Crippen LogP) is 1.94. The Morgan fingerprint density at radius 3 is 2.00 bits per heavy atom. The molecule has 2 N–H and O–H groups in total. The molecular formula is C12H27NO2. The van der Waals surface area contributed by atoms with E-state index in [9.17, 15) is 5.11 Å². The summed E-state index contributed by atoms with van der Waals surface area (Å²) in [6.45, 7) is 12.3. The second-order valence-electron chi connectivity index (χ2n) is 4.73. The first-order chi connectivity index (χ1) is 6.89. The zero-order valence-corrected chi connectivity index (χ0v) is 10.9. The van der Waals surface area contributed by atoms with Crippen LogP contribution >= 0.6 is 0 Å². The Morgan fingerprint density at radius 2 is 1.60 bits per heavy atom. The molecule has 0 aromatic heterocycles. The van der Waals surface area contributed by atoms with Gasteiger partial charge >= 0.3 is 0 Å². The summed E-state index contributed by atoms with van der Waals surface area (Å²) in [5.74, 6) is 0. The summed E-state index contributed by atoms with van der Waals surface area (Å²) in [5, 5.41) is 13.3. The molecule has 0 aliphatic rings. The van der Waals surface area contributed by atoms with Crippen LogP contribution < -0.4 is 5.32 Å². The van der Waals surface area contributed by atoms with Gasteiger partial charge in [-0.3, -0.25) is 0 Å². The van der Waals surface area contributed by atoms with Crippen molar-refractivity contribution in [3.63, 3.8) is 0 Å². The molecule has 0 aromatic carbocycles. The molecule has 0 aliphatic heterocycles. The molecule has 0 spiro atoms. The quantitative estimate of drug-likeness (QED) is 0.653. The molecule has 0 unspecified atom stereocenters. The van der Waals surface area contributed by atoms with Crippen molar-refractivity contribution in [2.75, 3.05) is 19.7 Å². The van der Waals surface area contributed by atoms with Crippen LogP contribution in [-0.2, 0) is 4.74 Å². The lowest BCUT2D eigenvalue weighted by atomic mass is 9.97. The second-order valence-corrected chi connectivity index (χ2v) is 4.73. The molecule has 0 heterocycles. The van der Waals surface area contributed by atoms with E-state index in [0.717, 1.165) is 26.0 Å². The average molecular weight is 217 g/mol. The Morgan fingerprint density at radius 1 is 1.07 bits per heavy atom. The summed E-state index contributed by atoms with van der Waals surface area (Å²) in [6.07, 6.45) is 1.57. The van der Waals surface area contributed by atoms with Gasteiger partial charge in [0.1, 0.15) is 0 Å². The van der Waals surface area contributed by atoms with Gasteiger partial charge in [-0.25, -0.2) is 0 Å². The van der Waals surface area contributed by atoms with Gasteiger partial charge in [-0.15, -0.1) is 0 Å². The molecule has 15 heavy (non-hydrogen) atoms. The van der Waals surface area contributed by atoms with Crippen LogP contribution in [0, 0.1) is 0 Å². The van der Waals surface area contributed by atoms with E-state index >= 15 is 0 Å². The normalized spacial score (nSPS) is 13.2. The highest BCUT2D eigenvalue weighted by Gasteiger charge is 2.23. The number of hydrogen-bond acceptors (Lipinski definition) is 3. The van der Waals surface area contributed by atoms with Crippen molar-refractivity contribution < 1.29 is 9.84 Å². The maximum Gasteiger partial charge on any atom is 0.0766 e. The van der Waals surface area contributed by atoms with Crippen LogP contribution in [0.25, 0.3) is 0 Å². The van der Waals surface area contributed by atoms with Crippen molar-refractivity contribution in [1.29, 1.82) is 0 Å². The fourth-order valence-electron chi connectivity index (χ4n) is 1.54. The Kier molecular flexibility index (Phi) is 6.41. The van der Waals surface area contributed by atoms with Crippen molar-refractivity contribution >= 4 is 0 Å². The molecule has 92 valence electrons. The van der Waals surface area contributed by atoms with Gasteiger partial charge in [0.15, 0.2) is 0 Å². The predicted molar refractivity (Wildman–Crippen MR) is 64.1 cm³/mol. The highest BCUT2D eigenvalue weighted by Crippen LogP contribution is 2.14. The van der Waals surface area contributed by atoms with E-state index in [4.69, 9.17) is 4.74 Å². The smallest absolute Gasteiger partial charge is 0.0766 e. The van der Waals surface area contributed by atoms with Crippen LogP contribution in [0.2, 0.25) is 0 Å². The Labute approximate surface area is 94.2 Å². The number of rotatable bonds is 8. The largest absolute Gasteiger partial charge is 0.389 e. The monoisotopic (exact) mass is 217 g/mol. The molecule has 0 aromatic rings. The molecule has 0 saturated heterocycles. The van der Waals surface area contributed by atoms with E-state index in [2.05, 4.69) is 19.2 Å². The molecule has 0 bridgehead atoms. The third kappa shape index (κ3) is 6.13. The summed E-state index contributed by atoms with van der Waals surface area (Å²) in [7, 11) is 0. The molecule has 0 radical (unpaired) electrons. The highest BCUT2D eigenvalue weighted by molar-refractivity contribution is 4.80. The van der Waals surface area contributed by atoms with Gasteiger partial charge in [0, 0.05) is 19.7 Å². The lowest BCUT2D eigenvalue weighted by Crippen LogP contribution is -2.45. The van der Waals surface area contributed by atoms with E-state index < -0.39 is 5.60 Å². The number of ether oxygens (including phenoxy) is 1. The minimum absolute atomic E-state index is 0.156. The summed E-state index contributed by atoms with van der Waals surface area (Å²) >= 11 is 0. The molecule has 0 saturated carbocycles. The summed E-state index contributed by atoms with van der Waals surface area (Å²) in [4.78, 5) is 0. The van der Waals surface area contributed by atoms with Gasteiger partial charge in [0.25, 0.3) is 0 Å². The molecule has 3 heteroatoms. The van der Waals surface area contributed by atoms with Crippen molar-refractivity contribution in [3.8, 4) is 0 Å². The summed E-state index contributed by atoms with van der Waals surface area (Å²) < 4.78 is 5.57. The fraction of sp³-hybridized carbons (Fsp3) is 1.00. The van der Waals surface area contributed by atoms with Crippen LogP contribution in [0.1, 0.15) is 47.5 Å². The maximum absolute atomic E-state index is 10.1. The van der Waals surface area contributed by atoms with E-state index in [-0.39, 0.29) is 5.60 Å². The Hall–Kier alpha value is -0.120. The third-order valence-electron chi connectivity index (χ3n) is 2.86. The van der Waals surface area contributed by atoms with E-state index in [1.807, 2.05) is 20.8 Å². The zero-order chi connectivity index (χ0) is 11.9. The first kappa shape index (κ1) is 14.9. The number of aliphatic hydroxyl groups is 1. The second kappa shape index (κ2) is 6.46. The fourth-order valence-corrected chi connectivity index (χ4v) is 1.54. The minimum atomic E-state index is -0.567. The summed E-state index contributed by atoms with van der Waals surface area (Å²) in [6, 6.07) is 0. The standard InChI is InChI=1S/C12H27NO2/c1-6-12(14,7-2)10-13-9-11(4,5)15-8-3/h13-14H,6-10H2,1-5H3. The number of hydrogen-bond donors (Lipinski definition) is 2. The molecule has 0 amide bonds. The summed E-state index contributed by atoms with van der Waals surface area (Å²) in [5.41, 5.74) is -0.723. The van der Waals surface area contributed by atoms with Crippen molar-refractivity contribution in [2.24, 2.45) is 0 Å². The van der Waals surface area contributed by atoms with Gasteiger partial charge in [0.05, 0.1) is 11.2 Å². The molecule has 3 nitrogen and oxygen atoms in total. The van der Waals surface area contributed by atoms with Crippen LogP contribution in [0.15, 0.2) is 0 Å². The molecule has 0 rings (SSSR count). The molecule has 0 fully saturated rings. The van der Waals surface area contributed by atoms with Gasteiger partial charge < -0.3 is 15.2 Å². The third-order valence-corrected chi connectivity index (χ3v) is 2.86. The Bertz CT molecular complexity index is 165. The van der Waals surface area contributed by atoms with Crippen LogP contribution in [0.3, 0.4) is 0 Å². The number of nitrogens with one attached hydrogen (secondary N) is 1. The van der Waals surface area contributed by atoms with Gasteiger partial charge in [-0.2, -0.15) is 0 Å². The lowest BCUT2D eigenvalue weighted by Gasteiger charge is -2.30. The topological polar surface area (TPSA) is 41.5 Å². The van der Waals surface area contributed by atoms with Gasteiger partial charge in [-0.05, 0) is 33.6 Å². The minimum Gasteiger partial charge on any atom is -0.389 e. The SMILES string of the molecule is CCOC(C)(C)CNCC(O)(CC)CC. The van der Waals surface area contributed by atoms with Crippen LogP contribution in [-0.4, -0.2) is 36.0 Å². The maximum atomic E-state index is 10.1. The van der Waals surface area contributed by atoms with E-state index in [1.54, 1.807) is 0 Å². The van der Waals surface area contributed by atoms with Gasteiger partial charge in [-0.1, -0.05) is 13.8 Å². The van der Waals surface area contributed by atoms with Crippen molar-refractivity contribution in [1.82, 2.24) is 5.32 Å². The first-order valence-electron chi connectivity index (χ1n) is 5.96. The average Bonchev–Trinajstić information content (AvgIpc) is 2.17. The van der Waals surface area contributed by atoms with Crippen LogP contribution in [0.4, 0.5) is 0 Å². The molecular weight excluding hydrogens is 190 g/mol. The Balaban J connectivity index is 3.87. The van der Waals surface area contributed by atoms with E-state index in [1.165, 1.54) is 0 Å².